The van der Waals surface area contributed by atoms with Crippen LogP contribution < -0.4 is 0 Å². The number of furan rings is 1. The summed E-state index contributed by atoms with van der Waals surface area (Å²) in [6.45, 7) is 10.6. The zero-order valence-electron chi connectivity index (χ0n) is 11.8. The summed E-state index contributed by atoms with van der Waals surface area (Å²) in [6, 6.07) is 3.94. The highest BCUT2D eigenvalue weighted by molar-refractivity contribution is 5.84. The summed E-state index contributed by atoms with van der Waals surface area (Å²) in [7, 11) is 0. The number of likely N-dealkylation sites (N-methyl/N-ethyl adjacent to an activating group) is 1. The smallest absolute Gasteiger partial charge is 0.371 e. The second-order valence-electron chi connectivity index (χ2n) is 5.16. The molecule has 106 valence electrons. The molecule has 2 unspecified atom stereocenters. The number of rotatable bonds is 4. The van der Waals surface area contributed by atoms with Gasteiger partial charge in [0.1, 0.15) is 5.76 Å². The Morgan fingerprint density at radius 3 is 2.79 bits per heavy atom. The minimum absolute atomic E-state index is 0.0158. The summed E-state index contributed by atoms with van der Waals surface area (Å²) in [4.78, 5) is 15.6. The van der Waals surface area contributed by atoms with Crippen molar-refractivity contribution in [2.45, 2.75) is 32.9 Å². The third-order valence-electron chi connectivity index (χ3n) is 4.00. The number of nitrogens with zero attached hydrogens (tertiary/aromatic N) is 2. The van der Waals surface area contributed by atoms with Gasteiger partial charge in [0.25, 0.3) is 0 Å². The fourth-order valence-corrected chi connectivity index (χ4v) is 2.72. The van der Waals surface area contributed by atoms with E-state index < -0.39 is 5.97 Å². The zero-order chi connectivity index (χ0) is 14.0. The molecule has 0 aromatic carbocycles. The maximum absolute atomic E-state index is 10.8. The van der Waals surface area contributed by atoms with Crippen molar-refractivity contribution < 1.29 is 14.3 Å². The van der Waals surface area contributed by atoms with Crippen molar-refractivity contribution in [3.05, 3.63) is 23.7 Å². The lowest BCUT2D eigenvalue weighted by atomic mass is 10.1. The molecule has 19 heavy (non-hydrogen) atoms. The Labute approximate surface area is 113 Å². The van der Waals surface area contributed by atoms with Gasteiger partial charge in [0.15, 0.2) is 0 Å². The zero-order valence-corrected chi connectivity index (χ0v) is 11.8. The highest BCUT2D eigenvalue weighted by Crippen LogP contribution is 2.25. The summed E-state index contributed by atoms with van der Waals surface area (Å²) in [6.07, 6.45) is 0. The van der Waals surface area contributed by atoms with Crippen LogP contribution in [0, 0.1) is 0 Å². The van der Waals surface area contributed by atoms with E-state index in [4.69, 9.17) is 9.52 Å². The standard InChI is InChI=1S/C14H22N2O3/c1-4-15-7-8-16(9-10(15)2)11(3)12-5-6-13(19-12)14(17)18/h5-6,10-11H,4,7-9H2,1-3H3,(H,17,18). The number of carboxylic acid groups (broad SMARTS) is 1. The molecule has 5 heteroatoms. The van der Waals surface area contributed by atoms with Crippen molar-refractivity contribution in [3.63, 3.8) is 0 Å². The first-order valence-corrected chi connectivity index (χ1v) is 6.84. The fraction of sp³-hybridized carbons (Fsp3) is 0.643. The molecule has 0 spiro atoms. The van der Waals surface area contributed by atoms with E-state index in [9.17, 15) is 4.79 Å². The second-order valence-corrected chi connectivity index (χ2v) is 5.16. The number of carboxylic acids is 1. The molecule has 1 fully saturated rings. The molecule has 0 aliphatic carbocycles. The van der Waals surface area contributed by atoms with Crippen LogP contribution in [0.25, 0.3) is 0 Å². The van der Waals surface area contributed by atoms with E-state index in [2.05, 4.69) is 30.6 Å². The van der Waals surface area contributed by atoms with Crippen LogP contribution in [0.2, 0.25) is 0 Å². The fourth-order valence-electron chi connectivity index (χ4n) is 2.72. The van der Waals surface area contributed by atoms with Gasteiger partial charge in [0, 0.05) is 25.7 Å². The Morgan fingerprint density at radius 1 is 1.53 bits per heavy atom. The first kappa shape index (κ1) is 14.1. The maximum atomic E-state index is 10.8. The topological polar surface area (TPSA) is 56.9 Å². The van der Waals surface area contributed by atoms with E-state index in [1.807, 2.05) is 0 Å². The van der Waals surface area contributed by atoms with E-state index in [0.29, 0.717) is 6.04 Å². The van der Waals surface area contributed by atoms with Crippen molar-refractivity contribution >= 4 is 5.97 Å². The quantitative estimate of drug-likeness (QED) is 0.904. The normalized spacial score (nSPS) is 23.4. The average Bonchev–Trinajstić information content (AvgIpc) is 2.87. The summed E-state index contributed by atoms with van der Waals surface area (Å²) in [5.74, 6) is -0.265. The van der Waals surface area contributed by atoms with Gasteiger partial charge < -0.3 is 9.52 Å². The Hall–Kier alpha value is -1.33. The summed E-state index contributed by atoms with van der Waals surface area (Å²) in [5.41, 5.74) is 0. The lowest BCUT2D eigenvalue weighted by molar-refractivity contribution is 0.0544. The molecule has 5 nitrogen and oxygen atoms in total. The van der Waals surface area contributed by atoms with Crippen molar-refractivity contribution in [1.82, 2.24) is 9.80 Å². The average molecular weight is 266 g/mol. The molecule has 0 saturated carbocycles. The molecule has 2 heterocycles. The van der Waals surface area contributed by atoms with Gasteiger partial charge in [-0.2, -0.15) is 0 Å². The third-order valence-corrected chi connectivity index (χ3v) is 4.00. The van der Waals surface area contributed by atoms with Gasteiger partial charge in [-0.1, -0.05) is 6.92 Å². The largest absolute Gasteiger partial charge is 0.475 e. The SMILES string of the molecule is CCN1CCN(C(C)c2ccc(C(=O)O)o2)CC1C. The van der Waals surface area contributed by atoms with Gasteiger partial charge in [-0.3, -0.25) is 9.80 Å². The van der Waals surface area contributed by atoms with Gasteiger partial charge in [-0.25, -0.2) is 4.79 Å². The van der Waals surface area contributed by atoms with E-state index in [-0.39, 0.29) is 11.8 Å². The van der Waals surface area contributed by atoms with Crippen LogP contribution in [-0.4, -0.2) is 53.1 Å². The molecule has 1 aromatic rings. The molecular weight excluding hydrogens is 244 g/mol. The predicted octanol–water partition coefficient (Wildman–Crippen LogP) is 2.06. The van der Waals surface area contributed by atoms with E-state index in [1.165, 1.54) is 6.07 Å². The molecule has 1 aromatic heterocycles. The van der Waals surface area contributed by atoms with Crippen LogP contribution in [0.4, 0.5) is 0 Å². The van der Waals surface area contributed by atoms with Gasteiger partial charge >= 0.3 is 5.97 Å². The van der Waals surface area contributed by atoms with Gasteiger partial charge in [-0.05, 0) is 32.5 Å². The Balaban J connectivity index is 2.03. The van der Waals surface area contributed by atoms with Gasteiger partial charge in [-0.15, -0.1) is 0 Å². The van der Waals surface area contributed by atoms with Crippen molar-refractivity contribution in [1.29, 1.82) is 0 Å². The molecule has 2 rings (SSSR count). The molecule has 1 aliphatic rings. The minimum Gasteiger partial charge on any atom is -0.475 e. The lowest BCUT2D eigenvalue weighted by Crippen LogP contribution is -2.52. The number of hydrogen-bond donors (Lipinski definition) is 1. The molecule has 0 amide bonds. The molecule has 0 bridgehead atoms. The molecule has 1 aliphatic heterocycles. The summed E-state index contributed by atoms with van der Waals surface area (Å²) in [5, 5.41) is 8.88. The molecular formula is C14H22N2O3. The van der Waals surface area contributed by atoms with Crippen LogP contribution in [0.3, 0.4) is 0 Å². The highest BCUT2D eigenvalue weighted by Gasteiger charge is 2.27. The van der Waals surface area contributed by atoms with Crippen LogP contribution in [0.1, 0.15) is 43.1 Å². The molecule has 1 N–H and O–H groups in total. The van der Waals surface area contributed by atoms with E-state index in [1.54, 1.807) is 6.07 Å². The van der Waals surface area contributed by atoms with Crippen LogP contribution in [0.15, 0.2) is 16.5 Å². The number of carbonyl (C=O) groups is 1. The monoisotopic (exact) mass is 266 g/mol. The third kappa shape index (κ3) is 2.98. The Morgan fingerprint density at radius 2 is 2.26 bits per heavy atom. The lowest BCUT2D eigenvalue weighted by Gasteiger charge is -2.41. The molecule has 0 radical (unpaired) electrons. The van der Waals surface area contributed by atoms with Crippen molar-refractivity contribution in [2.24, 2.45) is 0 Å². The number of aromatic carboxylic acids is 1. The summed E-state index contributed by atoms with van der Waals surface area (Å²) < 4.78 is 5.39. The van der Waals surface area contributed by atoms with Gasteiger partial charge in [0.2, 0.25) is 5.76 Å². The van der Waals surface area contributed by atoms with Gasteiger partial charge in [0.05, 0.1) is 6.04 Å². The first-order valence-electron chi connectivity index (χ1n) is 6.84. The highest BCUT2D eigenvalue weighted by atomic mass is 16.4. The Kier molecular flexibility index (Phi) is 4.27. The minimum atomic E-state index is -1.01. The number of piperazine rings is 1. The summed E-state index contributed by atoms with van der Waals surface area (Å²) >= 11 is 0. The first-order chi connectivity index (χ1) is 9.02. The second kappa shape index (κ2) is 5.75. The number of hydrogen-bond acceptors (Lipinski definition) is 4. The Bertz CT molecular complexity index is 444. The maximum Gasteiger partial charge on any atom is 0.371 e. The van der Waals surface area contributed by atoms with Crippen molar-refractivity contribution in [2.75, 3.05) is 26.2 Å². The predicted molar refractivity (Wildman–Crippen MR) is 72.4 cm³/mol. The van der Waals surface area contributed by atoms with Crippen molar-refractivity contribution in [3.8, 4) is 0 Å². The van der Waals surface area contributed by atoms with E-state index >= 15 is 0 Å². The van der Waals surface area contributed by atoms with Crippen LogP contribution >= 0.6 is 0 Å². The molecule has 2 atom stereocenters. The van der Waals surface area contributed by atoms with Crippen LogP contribution in [0.5, 0.6) is 0 Å². The molecule has 1 saturated heterocycles. The van der Waals surface area contributed by atoms with Crippen LogP contribution in [-0.2, 0) is 0 Å². The van der Waals surface area contributed by atoms with E-state index in [0.717, 1.165) is 31.9 Å².